The molecule has 2 heterocycles. The number of aliphatic hydroxyl groups excluding tert-OH is 1. The van der Waals surface area contributed by atoms with Crippen molar-refractivity contribution in [1.82, 2.24) is 10.2 Å². The van der Waals surface area contributed by atoms with Gasteiger partial charge in [-0.3, -0.25) is 24.5 Å². The first kappa shape index (κ1) is 22.6. The number of imide groups is 1. The highest BCUT2D eigenvalue weighted by Crippen LogP contribution is 2.36. The van der Waals surface area contributed by atoms with Crippen LogP contribution in [0.15, 0.2) is 70.2 Å². The number of hydrogen-bond acceptors (Lipinski definition) is 7. The van der Waals surface area contributed by atoms with E-state index in [9.17, 15) is 24.3 Å². The molecule has 0 spiro atoms. The van der Waals surface area contributed by atoms with Gasteiger partial charge in [0.25, 0.3) is 5.91 Å². The Hall–Kier alpha value is -4.14. The van der Waals surface area contributed by atoms with Crippen LogP contribution in [0.25, 0.3) is 0 Å². The molecule has 2 atom stereocenters. The molecule has 9 nitrogen and oxygen atoms in total. The van der Waals surface area contributed by atoms with Gasteiger partial charge in [-0.25, -0.2) is 0 Å². The summed E-state index contributed by atoms with van der Waals surface area (Å²) >= 11 is 0. The van der Waals surface area contributed by atoms with E-state index in [2.05, 4.69) is 15.5 Å². The quantitative estimate of drug-likeness (QED) is 0.516. The molecule has 0 aromatic heterocycles. The van der Waals surface area contributed by atoms with Crippen molar-refractivity contribution >= 4 is 29.2 Å². The Morgan fingerprint density at radius 2 is 1.71 bits per heavy atom. The van der Waals surface area contributed by atoms with Gasteiger partial charge in [0, 0.05) is 36.9 Å². The molecule has 9 heteroatoms. The van der Waals surface area contributed by atoms with E-state index in [1.807, 2.05) is 30.3 Å². The summed E-state index contributed by atoms with van der Waals surface area (Å²) in [5, 5.41) is 21.2. The van der Waals surface area contributed by atoms with Crippen LogP contribution in [0.2, 0.25) is 0 Å². The topological polar surface area (TPSA) is 128 Å². The van der Waals surface area contributed by atoms with E-state index in [1.54, 1.807) is 18.2 Å². The minimum atomic E-state index is -0.734. The van der Waals surface area contributed by atoms with Gasteiger partial charge >= 0.3 is 0 Å². The molecule has 1 saturated heterocycles. The first-order chi connectivity index (χ1) is 16.9. The number of ketones is 1. The Labute approximate surface area is 201 Å². The van der Waals surface area contributed by atoms with Crippen LogP contribution in [0, 0.1) is 0 Å². The molecule has 0 bridgehead atoms. The summed E-state index contributed by atoms with van der Waals surface area (Å²) < 4.78 is 0. The molecule has 2 N–H and O–H groups in total. The van der Waals surface area contributed by atoms with Crippen LogP contribution in [0.1, 0.15) is 59.5 Å². The molecular weight excluding hydrogens is 448 g/mol. The second-order valence-corrected chi connectivity index (χ2v) is 8.97. The van der Waals surface area contributed by atoms with E-state index < -0.39 is 11.9 Å². The van der Waals surface area contributed by atoms with Crippen LogP contribution in [0.3, 0.4) is 0 Å². The number of rotatable bonds is 4. The second-order valence-electron chi connectivity index (χ2n) is 8.97. The highest BCUT2D eigenvalue weighted by atomic mass is 16.3. The van der Waals surface area contributed by atoms with Crippen molar-refractivity contribution in [3.8, 4) is 0 Å². The predicted octanol–water partition coefficient (Wildman–Crippen LogP) is 3.84. The van der Waals surface area contributed by atoms with E-state index in [-0.39, 0.29) is 60.8 Å². The normalized spacial score (nSPS) is 23.0. The molecule has 0 radical (unpaired) electrons. The summed E-state index contributed by atoms with van der Waals surface area (Å²) in [5.41, 5.74) is 2.37. The van der Waals surface area contributed by atoms with Gasteiger partial charge in [0.2, 0.25) is 11.8 Å². The van der Waals surface area contributed by atoms with E-state index in [0.717, 1.165) is 5.56 Å². The number of nitrogens with zero attached hydrogens (tertiary/aromatic N) is 3. The van der Waals surface area contributed by atoms with Crippen molar-refractivity contribution in [2.75, 3.05) is 0 Å². The van der Waals surface area contributed by atoms with Gasteiger partial charge in [-0.1, -0.05) is 36.4 Å². The lowest BCUT2D eigenvalue weighted by atomic mass is 9.91. The minimum absolute atomic E-state index is 0.0146. The van der Waals surface area contributed by atoms with E-state index in [0.29, 0.717) is 29.7 Å². The summed E-state index contributed by atoms with van der Waals surface area (Å²) in [6.45, 7) is 0.144. The van der Waals surface area contributed by atoms with Crippen molar-refractivity contribution in [3.63, 3.8) is 0 Å². The molecule has 2 unspecified atom stereocenters. The van der Waals surface area contributed by atoms with Crippen molar-refractivity contribution < 1.29 is 24.3 Å². The molecule has 3 amide bonds. The molecule has 2 aromatic carbocycles. The number of benzene rings is 2. The third kappa shape index (κ3) is 4.37. The zero-order valence-electron chi connectivity index (χ0n) is 18.9. The molecule has 0 saturated carbocycles. The van der Waals surface area contributed by atoms with Crippen LogP contribution in [0.4, 0.5) is 5.69 Å². The lowest BCUT2D eigenvalue weighted by Crippen LogP contribution is -2.52. The van der Waals surface area contributed by atoms with E-state index in [4.69, 9.17) is 0 Å². The highest BCUT2D eigenvalue weighted by molar-refractivity contribution is 6.06. The maximum atomic E-state index is 13.0. The first-order valence-electron chi connectivity index (χ1n) is 11.6. The number of allylic oxidation sites excluding steroid dienone is 2. The Morgan fingerprint density at radius 3 is 2.49 bits per heavy atom. The zero-order chi connectivity index (χ0) is 24.5. The Balaban J connectivity index is 1.37. The number of carbonyl (C=O) groups excluding carboxylic acids is 4. The van der Waals surface area contributed by atoms with Crippen molar-refractivity contribution in [2.45, 2.75) is 50.6 Å². The fraction of sp³-hybridized carbons (Fsp3) is 0.308. The van der Waals surface area contributed by atoms with Gasteiger partial charge in [0.15, 0.2) is 11.5 Å². The number of amides is 3. The third-order valence-electron chi connectivity index (χ3n) is 6.78. The maximum Gasteiger partial charge on any atom is 0.255 e. The first-order valence-corrected chi connectivity index (χ1v) is 11.6. The number of azo groups is 1. The van der Waals surface area contributed by atoms with E-state index in [1.165, 1.54) is 4.90 Å². The van der Waals surface area contributed by atoms with Crippen molar-refractivity contribution in [2.24, 2.45) is 10.2 Å². The number of piperidine rings is 1. The Bertz CT molecular complexity index is 1280. The predicted molar refractivity (Wildman–Crippen MR) is 125 cm³/mol. The van der Waals surface area contributed by atoms with Gasteiger partial charge in [0.05, 0.1) is 5.69 Å². The highest BCUT2D eigenvalue weighted by Gasteiger charge is 2.40. The molecule has 2 aliphatic heterocycles. The van der Waals surface area contributed by atoms with Crippen molar-refractivity contribution in [3.05, 3.63) is 76.7 Å². The Kier molecular flexibility index (Phi) is 5.98. The van der Waals surface area contributed by atoms with Crippen LogP contribution in [-0.4, -0.2) is 39.6 Å². The third-order valence-corrected chi connectivity index (χ3v) is 6.78. The van der Waals surface area contributed by atoms with Crippen LogP contribution < -0.4 is 5.32 Å². The molecule has 3 aliphatic rings. The summed E-state index contributed by atoms with van der Waals surface area (Å²) in [7, 11) is 0. The average molecular weight is 473 g/mol. The van der Waals surface area contributed by atoms with Gasteiger partial charge in [-0.15, -0.1) is 10.2 Å². The monoisotopic (exact) mass is 472 g/mol. The molecular formula is C26H24N4O5. The van der Waals surface area contributed by atoms with Gasteiger partial charge in [0.1, 0.15) is 11.8 Å². The Morgan fingerprint density at radius 1 is 0.914 bits per heavy atom. The maximum absolute atomic E-state index is 13.0. The SMILES string of the molecule is O=C1CCC(N2Cc3c(N=NC4=C(O)CCC(c5ccccc5)CC4=O)cccc3C2=O)C(=O)N1. The smallest absolute Gasteiger partial charge is 0.255 e. The van der Waals surface area contributed by atoms with Gasteiger partial charge in [-0.05, 0) is 36.5 Å². The number of carbonyl (C=O) groups is 4. The van der Waals surface area contributed by atoms with Gasteiger partial charge in [-0.2, -0.15) is 0 Å². The zero-order valence-corrected chi connectivity index (χ0v) is 18.9. The number of nitrogens with one attached hydrogen (secondary N) is 1. The van der Waals surface area contributed by atoms with Crippen molar-refractivity contribution in [1.29, 1.82) is 0 Å². The lowest BCUT2D eigenvalue weighted by Gasteiger charge is -2.29. The molecule has 178 valence electrons. The molecule has 35 heavy (non-hydrogen) atoms. The summed E-state index contributed by atoms with van der Waals surface area (Å²) in [6, 6.07) is 14.0. The van der Waals surface area contributed by atoms with Gasteiger partial charge < -0.3 is 10.0 Å². The second kappa shape index (κ2) is 9.25. The summed E-state index contributed by atoms with van der Waals surface area (Å²) in [5.74, 6) is -1.54. The van der Waals surface area contributed by atoms with Crippen LogP contribution in [-0.2, 0) is 20.9 Å². The minimum Gasteiger partial charge on any atom is -0.510 e. The number of fused-ring (bicyclic) bond motifs is 1. The number of hydrogen-bond donors (Lipinski definition) is 2. The summed E-state index contributed by atoms with van der Waals surface area (Å²) in [4.78, 5) is 51.1. The number of Topliss-reactive ketones (excluding diaryl/α,β-unsaturated/α-hetero) is 1. The molecule has 5 rings (SSSR count). The largest absolute Gasteiger partial charge is 0.510 e. The fourth-order valence-corrected chi connectivity index (χ4v) is 4.90. The van der Waals surface area contributed by atoms with E-state index >= 15 is 0 Å². The van der Waals surface area contributed by atoms with Crippen LogP contribution >= 0.6 is 0 Å². The standard InChI is InChI=1S/C26H24N4O5/c31-21-11-9-16(15-5-2-1-3-6-15)13-22(32)24(21)29-28-19-8-4-7-17-18(19)14-30(26(17)35)20-10-12-23(33)27-25(20)34/h1-8,16,20,31H,9-14H2,(H,27,33,34). The average Bonchev–Trinajstić information content (AvgIpc) is 3.11. The summed E-state index contributed by atoms with van der Waals surface area (Å²) in [6.07, 6.45) is 1.59. The molecule has 2 aromatic rings. The molecule has 1 fully saturated rings. The van der Waals surface area contributed by atoms with Crippen LogP contribution in [0.5, 0.6) is 0 Å². The number of aliphatic hydroxyl groups is 1. The molecule has 1 aliphatic carbocycles. The lowest BCUT2D eigenvalue weighted by molar-refractivity contribution is -0.137. The fourth-order valence-electron chi connectivity index (χ4n) is 4.90.